The van der Waals surface area contributed by atoms with Crippen LogP contribution in [0.2, 0.25) is 0 Å². The molecule has 26 heavy (non-hydrogen) atoms. The van der Waals surface area contributed by atoms with E-state index in [4.69, 9.17) is 0 Å². The minimum Gasteiger partial charge on any atom is -0.478 e. The second-order valence-electron chi connectivity index (χ2n) is 6.54. The third kappa shape index (κ3) is 3.18. The minimum atomic E-state index is -1.03. The van der Waals surface area contributed by atoms with Crippen LogP contribution in [0.5, 0.6) is 0 Å². The summed E-state index contributed by atoms with van der Waals surface area (Å²) < 4.78 is 0. The van der Waals surface area contributed by atoms with Crippen LogP contribution in [0, 0.1) is 13.8 Å². The molecule has 1 aliphatic rings. The minimum absolute atomic E-state index is 0.0613. The highest BCUT2D eigenvalue weighted by atomic mass is 16.4. The molecular formula is C20H20N2O4. The summed E-state index contributed by atoms with van der Waals surface area (Å²) in [5, 5.41) is 12.1. The van der Waals surface area contributed by atoms with E-state index < -0.39 is 5.97 Å². The number of carboxylic acids is 1. The van der Waals surface area contributed by atoms with Crippen LogP contribution in [0.1, 0.15) is 43.8 Å². The Hall–Kier alpha value is -3.15. The Labute approximate surface area is 151 Å². The van der Waals surface area contributed by atoms with Gasteiger partial charge >= 0.3 is 5.97 Å². The summed E-state index contributed by atoms with van der Waals surface area (Å²) in [4.78, 5) is 37.3. The summed E-state index contributed by atoms with van der Waals surface area (Å²) in [7, 11) is 1.73. The third-order valence-corrected chi connectivity index (χ3v) is 4.74. The fraction of sp³-hybridized carbons (Fsp3) is 0.250. The Morgan fingerprint density at radius 3 is 2.50 bits per heavy atom. The molecule has 2 N–H and O–H groups in total. The highest BCUT2D eigenvalue weighted by molar-refractivity contribution is 6.06. The second-order valence-corrected chi connectivity index (χ2v) is 6.54. The number of rotatable bonds is 3. The lowest BCUT2D eigenvalue weighted by molar-refractivity contribution is -0.118. The van der Waals surface area contributed by atoms with Gasteiger partial charge in [0.1, 0.15) is 0 Å². The van der Waals surface area contributed by atoms with Gasteiger partial charge in [-0.2, -0.15) is 0 Å². The summed E-state index contributed by atoms with van der Waals surface area (Å²) in [6, 6.07) is 8.45. The van der Waals surface area contributed by atoms with Crippen molar-refractivity contribution in [3.63, 3.8) is 0 Å². The van der Waals surface area contributed by atoms with Gasteiger partial charge in [0.15, 0.2) is 0 Å². The average molecular weight is 352 g/mol. The van der Waals surface area contributed by atoms with Gasteiger partial charge in [0, 0.05) is 30.4 Å². The molecule has 2 aromatic carbocycles. The van der Waals surface area contributed by atoms with Gasteiger partial charge in [0.05, 0.1) is 5.56 Å². The number of aryl methyl sites for hydroxylation is 3. The predicted molar refractivity (Wildman–Crippen MR) is 99.0 cm³/mol. The van der Waals surface area contributed by atoms with Crippen molar-refractivity contribution < 1.29 is 19.5 Å². The number of fused-ring (bicyclic) bond motifs is 1. The number of carbonyl (C=O) groups is 3. The van der Waals surface area contributed by atoms with Crippen LogP contribution in [-0.2, 0) is 11.2 Å². The largest absolute Gasteiger partial charge is 0.478 e. The zero-order valence-corrected chi connectivity index (χ0v) is 14.9. The number of anilines is 2. The lowest BCUT2D eigenvalue weighted by Crippen LogP contribution is -2.31. The van der Waals surface area contributed by atoms with E-state index in [1.54, 1.807) is 43.1 Å². The first-order chi connectivity index (χ1) is 12.3. The number of benzene rings is 2. The van der Waals surface area contributed by atoms with Crippen molar-refractivity contribution in [3.8, 4) is 0 Å². The Morgan fingerprint density at radius 2 is 1.81 bits per heavy atom. The van der Waals surface area contributed by atoms with Gasteiger partial charge in [0.25, 0.3) is 5.91 Å². The maximum absolute atomic E-state index is 12.6. The Morgan fingerprint density at radius 1 is 1.08 bits per heavy atom. The molecule has 2 amide bonds. The summed E-state index contributed by atoms with van der Waals surface area (Å²) in [6.45, 7) is 3.55. The summed E-state index contributed by atoms with van der Waals surface area (Å²) in [5.74, 6) is -1.28. The van der Waals surface area contributed by atoms with Gasteiger partial charge in [0.2, 0.25) is 5.91 Å². The molecule has 0 atom stereocenters. The molecule has 0 bridgehead atoms. The molecule has 0 fully saturated rings. The summed E-state index contributed by atoms with van der Waals surface area (Å²) in [5.41, 5.74) is 4.32. The van der Waals surface area contributed by atoms with Crippen LogP contribution in [-0.4, -0.2) is 29.9 Å². The predicted octanol–water partition coefficient (Wildman–Crippen LogP) is 3.16. The average Bonchev–Trinajstić information content (AvgIpc) is 2.59. The van der Waals surface area contributed by atoms with Crippen LogP contribution in [0.25, 0.3) is 0 Å². The molecule has 2 aromatic rings. The zero-order valence-electron chi connectivity index (χ0n) is 14.9. The number of hydrogen-bond acceptors (Lipinski definition) is 3. The molecule has 1 aliphatic heterocycles. The maximum atomic E-state index is 12.6. The molecule has 0 aliphatic carbocycles. The lowest BCUT2D eigenvalue weighted by Gasteiger charge is -2.26. The van der Waals surface area contributed by atoms with Crippen LogP contribution in [0.3, 0.4) is 0 Å². The molecule has 6 nitrogen and oxygen atoms in total. The van der Waals surface area contributed by atoms with E-state index in [1.165, 1.54) is 6.07 Å². The fourth-order valence-corrected chi connectivity index (χ4v) is 3.21. The number of carboxylic acid groups (broad SMARTS) is 1. The smallest absolute Gasteiger partial charge is 0.336 e. The van der Waals surface area contributed by atoms with E-state index in [9.17, 15) is 19.5 Å². The first kappa shape index (κ1) is 17.7. The second kappa shape index (κ2) is 6.63. The van der Waals surface area contributed by atoms with E-state index in [2.05, 4.69) is 5.32 Å². The van der Waals surface area contributed by atoms with Crippen molar-refractivity contribution in [1.82, 2.24) is 0 Å². The van der Waals surface area contributed by atoms with Crippen LogP contribution in [0.4, 0.5) is 11.4 Å². The van der Waals surface area contributed by atoms with Crippen LogP contribution in [0.15, 0.2) is 30.3 Å². The molecular weight excluding hydrogens is 332 g/mol. The van der Waals surface area contributed by atoms with Gasteiger partial charge in [-0.1, -0.05) is 6.07 Å². The Bertz CT molecular complexity index is 934. The Balaban J connectivity index is 1.89. The van der Waals surface area contributed by atoms with Crippen LogP contribution < -0.4 is 10.2 Å². The number of aromatic carboxylic acids is 1. The number of amides is 2. The fourth-order valence-electron chi connectivity index (χ4n) is 3.21. The van der Waals surface area contributed by atoms with Crippen molar-refractivity contribution in [2.75, 3.05) is 17.3 Å². The van der Waals surface area contributed by atoms with Gasteiger partial charge in [-0.3, -0.25) is 9.59 Å². The van der Waals surface area contributed by atoms with Crippen molar-refractivity contribution in [3.05, 3.63) is 58.1 Å². The van der Waals surface area contributed by atoms with Gasteiger partial charge in [-0.25, -0.2) is 4.79 Å². The molecule has 6 heteroatoms. The molecule has 3 rings (SSSR count). The molecule has 0 spiro atoms. The van der Waals surface area contributed by atoms with Crippen molar-refractivity contribution in [2.24, 2.45) is 0 Å². The normalized spacial score (nSPS) is 13.3. The first-order valence-corrected chi connectivity index (χ1v) is 8.33. The highest BCUT2D eigenvalue weighted by Gasteiger charge is 2.22. The Kier molecular flexibility index (Phi) is 4.50. The molecule has 0 aromatic heterocycles. The quantitative estimate of drug-likeness (QED) is 0.888. The van der Waals surface area contributed by atoms with Gasteiger partial charge < -0.3 is 15.3 Å². The molecule has 0 unspecified atom stereocenters. The lowest BCUT2D eigenvalue weighted by atomic mass is 9.98. The number of nitrogens with one attached hydrogen (secondary N) is 1. The SMILES string of the molecule is Cc1cc(C)c(C(=O)O)cc1NC(=O)c1ccc2c(c1)CCC(=O)N2C. The molecule has 1 heterocycles. The topological polar surface area (TPSA) is 86.7 Å². The van der Waals surface area contributed by atoms with Crippen molar-refractivity contribution in [2.45, 2.75) is 26.7 Å². The number of hydrogen-bond donors (Lipinski definition) is 2. The van der Waals surface area contributed by atoms with Crippen molar-refractivity contribution >= 4 is 29.2 Å². The van der Waals surface area contributed by atoms with E-state index >= 15 is 0 Å². The zero-order chi connectivity index (χ0) is 19.0. The maximum Gasteiger partial charge on any atom is 0.336 e. The van der Waals surface area contributed by atoms with E-state index in [0.29, 0.717) is 29.7 Å². The van der Waals surface area contributed by atoms with E-state index in [0.717, 1.165) is 16.8 Å². The monoisotopic (exact) mass is 352 g/mol. The molecule has 134 valence electrons. The summed E-state index contributed by atoms with van der Waals surface area (Å²) >= 11 is 0. The first-order valence-electron chi connectivity index (χ1n) is 8.33. The number of carbonyl (C=O) groups excluding carboxylic acids is 2. The number of nitrogens with zero attached hydrogens (tertiary/aromatic N) is 1. The van der Waals surface area contributed by atoms with E-state index in [-0.39, 0.29) is 17.4 Å². The molecule has 0 saturated heterocycles. The van der Waals surface area contributed by atoms with Gasteiger partial charge in [-0.15, -0.1) is 0 Å². The van der Waals surface area contributed by atoms with Gasteiger partial charge in [-0.05, 0) is 61.2 Å². The summed E-state index contributed by atoms with van der Waals surface area (Å²) in [6.07, 6.45) is 1.03. The highest BCUT2D eigenvalue weighted by Crippen LogP contribution is 2.28. The van der Waals surface area contributed by atoms with Crippen molar-refractivity contribution in [1.29, 1.82) is 0 Å². The van der Waals surface area contributed by atoms with Crippen LogP contribution >= 0.6 is 0 Å². The molecule has 0 radical (unpaired) electrons. The van der Waals surface area contributed by atoms with E-state index in [1.807, 2.05) is 6.92 Å². The standard InChI is InChI=1S/C20H20N2O4/c1-11-8-12(2)16(10-15(11)20(25)26)21-19(24)14-4-6-17-13(9-14)5-7-18(23)22(17)3/h4,6,8-10H,5,7H2,1-3H3,(H,21,24)(H,25,26). The third-order valence-electron chi connectivity index (χ3n) is 4.74. The molecule has 0 saturated carbocycles.